The molecule has 2 heterocycles. The third kappa shape index (κ3) is 7.57. The zero-order valence-corrected chi connectivity index (χ0v) is 18.5. The minimum atomic E-state index is 0.370. The van der Waals surface area contributed by atoms with E-state index < -0.39 is 0 Å². The molecule has 0 radical (unpaired) electrons. The van der Waals surface area contributed by atoms with Crippen LogP contribution in [0.3, 0.4) is 0 Å². The molecule has 8 nitrogen and oxygen atoms in total. The molecule has 0 unspecified atom stereocenters. The molecule has 30 heavy (non-hydrogen) atoms. The molecule has 1 aromatic carbocycles. The van der Waals surface area contributed by atoms with Crippen LogP contribution in [0.4, 0.5) is 0 Å². The summed E-state index contributed by atoms with van der Waals surface area (Å²) in [7, 11) is 0. The van der Waals surface area contributed by atoms with Gasteiger partial charge in [0.15, 0.2) is 5.96 Å². The predicted octanol–water partition coefficient (Wildman–Crippen LogP) is 2.87. The Kier molecular flexibility index (Phi) is 8.80. The van der Waals surface area contributed by atoms with Crippen LogP contribution in [-0.4, -0.2) is 45.7 Å². The Bertz CT molecular complexity index is 816. The summed E-state index contributed by atoms with van der Waals surface area (Å²) in [6.45, 7) is 3.08. The summed E-state index contributed by atoms with van der Waals surface area (Å²) >= 11 is 3.48. The lowest BCUT2D eigenvalue weighted by atomic mass is 10.2. The molecule has 0 saturated heterocycles. The normalized spacial score (nSPS) is 13.0. The number of H-pyrrole nitrogens is 1. The molecule has 1 aliphatic rings. The summed E-state index contributed by atoms with van der Waals surface area (Å²) in [4.78, 5) is 7.15. The van der Waals surface area contributed by atoms with Gasteiger partial charge in [0.1, 0.15) is 0 Å². The minimum absolute atomic E-state index is 0.370. The maximum atomic E-state index is 7.94. The lowest BCUT2D eigenvalue weighted by Crippen LogP contribution is -2.46. The van der Waals surface area contributed by atoms with Crippen molar-refractivity contribution in [2.75, 3.05) is 19.6 Å². The van der Waals surface area contributed by atoms with E-state index in [4.69, 9.17) is 5.41 Å². The average molecular weight is 473 g/mol. The minimum Gasteiger partial charge on any atom is -0.357 e. The Labute approximate surface area is 186 Å². The van der Waals surface area contributed by atoms with Crippen molar-refractivity contribution in [3.8, 4) is 0 Å². The van der Waals surface area contributed by atoms with Crippen molar-refractivity contribution in [3.63, 3.8) is 0 Å². The predicted molar refractivity (Wildman–Crippen MR) is 123 cm³/mol. The van der Waals surface area contributed by atoms with E-state index in [1.807, 2.05) is 29.7 Å². The van der Waals surface area contributed by atoms with Gasteiger partial charge in [0.25, 0.3) is 0 Å². The highest BCUT2D eigenvalue weighted by Crippen LogP contribution is 2.14. The first-order valence-electron chi connectivity index (χ1n) is 10.1. The van der Waals surface area contributed by atoms with Crippen LogP contribution in [0.5, 0.6) is 0 Å². The van der Waals surface area contributed by atoms with Crippen molar-refractivity contribution in [2.45, 2.75) is 25.8 Å². The number of aryl methyl sites for hydroxylation is 1. The molecule has 1 aromatic heterocycles. The number of halogens is 1. The Hall–Kier alpha value is -2.78. The number of allylic oxidation sites excluding steroid dienone is 2. The van der Waals surface area contributed by atoms with E-state index in [1.165, 1.54) is 5.56 Å². The lowest BCUT2D eigenvalue weighted by molar-refractivity contribution is 0.0121. The van der Waals surface area contributed by atoms with Crippen LogP contribution in [0.25, 0.3) is 0 Å². The fourth-order valence-electron chi connectivity index (χ4n) is 2.96. The summed E-state index contributed by atoms with van der Waals surface area (Å²) in [6.07, 6.45) is 14.4. The molecule has 0 atom stereocenters. The summed E-state index contributed by atoms with van der Waals surface area (Å²) in [5.74, 6) is 0.370. The second-order valence-electron chi connectivity index (χ2n) is 6.91. The molecule has 0 aliphatic carbocycles. The zero-order valence-electron chi connectivity index (χ0n) is 16.9. The Morgan fingerprint density at radius 3 is 2.57 bits per heavy atom. The molecule has 5 N–H and O–H groups in total. The largest absolute Gasteiger partial charge is 0.357 e. The first-order chi connectivity index (χ1) is 14.7. The van der Waals surface area contributed by atoms with Crippen LogP contribution in [0.1, 0.15) is 24.1 Å². The number of guanidine groups is 1. The van der Waals surface area contributed by atoms with E-state index in [2.05, 4.69) is 77.4 Å². The summed E-state index contributed by atoms with van der Waals surface area (Å²) in [5, 5.41) is 18.3. The second kappa shape index (κ2) is 12.0. The summed E-state index contributed by atoms with van der Waals surface area (Å²) < 4.78 is 1.08. The number of nitrogens with one attached hydrogen (secondary N) is 5. The topological polar surface area (TPSA) is 95.1 Å². The van der Waals surface area contributed by atoms with Crippen molar-refractivity contribution in [1.29, 1.82) is 5.41 Å². The highest BCUT2D eigenvalue weighted by molar-refractivity contribution is 9.10. The summed E-state index contributed by atoms with van der Waals surface area (Å²) in [6, 6.07) is 8.35. The number of benzene rings is 1. The highest BCUT2D eigenvalue weighted by atomic mass is 79.9. The smallest absolute Gasteiger partial charge is 0.188 e. The van der Waals surface area contributed by atoms with Crippen LogP contribution in [0, 0.1) is 5.41 Å². The van der Waals surface area contributed by atoms with Gasteiger partial charge in [-0.25, -0.2) is 15.5 Å². The van der Waals surface area contributed by atoms with Gasteiger partial charge in [-0.15, -0.1) is 0 Å². The second-order valence-corrected chi connectivity index (χ2v) is 7.82. The van der Waals surface area contributed by atoms with Gasteiger partial charge in [0.05, 0.1) is 18.6 Å². The number of rotatable bonds is 11. The molecule has 3 rings (SSSR count). The molecule has 9 heteroatoms. The average Bonchev–Trinajstić information content (AvgIpc) is 3.27. The number of hydrogen-bond acceptors (Lipinski definition) is 5. The monoisotopic (exact) mass is 472 g/mol. The third-order valence-corrected chi connectivity index (χ3v) is 5.06. The molecule has 0 amide bonds. The fourth-order valence-corrected chi connectivity index (χ4v) is 3.22. The molecule has 0 bridgehead atoms. The maximum absolute atomic E-state index is 7.94. The zero-order chi connectivity index (χ0) is 21.0. The molecule has 160 valence electrons. The van der Waals surface area contributed by atoms with Gasteiger partial charge in [-0.1, -0.05) is 28.1 Å². The number of imidazole rings is 1. The number of nitrogens with zero attached hydrogens (tertiary/aromatic N) is 3. The Morgan fingerprint density at radius 2 is 1.80 bits per heavy atom. The van der Waals surface area contributed by atoms with Crippen LogP contribution in [0.2, 0.25) is 0 Å². The first-order valence-corrected chi connectivity index (χ1v) is 10.9. The van der Waals surface area contributed by atoms with E-state index in [0.717, 1.165) is 55.6 Å². The van der Waals surface area contributed by atoms with Gasteiger partial charge in [-0.3, -0.25) is 10.4 Å². The lowest BCUT2D eigenvalue weighted by Gasteiger charge is -2.35. The van der Waals surface area contributed by atoms with Gasteiger partial charge in [-0.2, -0.15) is 0 Å². The molecule has 0 saturated carbocycles. The van der Waals surface area contributed by atoms with Crippen molar-refractivity contribution in [3.05, 3.63) is 77.1 Å². The van der Waals surface area contributed by atoms with E-state index in [0.29, 0.717) is 5.96 Å². The van der Waals surface area contributed by atoms with E-state index in [1.54, 1.807) is 6.33 Å². The molecule has 2 aromatic rings. The van der Waals surface area contributed by atoms with Crippen LogP contribution in [-0.2, 0) is 13.0 Å². The molecule has 1 aliphatic heterocycles. The number of aromatic amines is 1. The Balaban J connectivity index is 1.27. The molecule has 0 spiro atoms. The van der Waals surface area contributed by atoms with Gasteiger partial charge >= 0.3 is 0 Å². The van der Waals surface area contributed by atoms with Gasteiger partial charge in [-0.05, 0) is 49.1 Å². The van der Waals surface area contributed by atoms with E-state index in [9.17, 15) is 0 Å². The summed E-state index contributed by atoms with van der Waals surface area (Å²) in [5.41, 5.74) is 5.70. The van der Waals surface area contributed by atoms with Gasteiger partial charge in [0.2, 0.25) is 0 Å². The first kappa shape index (κ1) is 21.9. The Morgan fingerprint density at radius 1 is 1.03 bits per heavy atom. The highest BCUT2D eigenvalue weighted by Gasteiger charge is 2.10. The van der Waals surface area contributed by atoms with Crippen molar-refractivity contribution in [2.24, 2.45) is 0 Å². The molecule has 0 fully saturated rings. The number of aromatic nitrogens is 2. The molecular formula is C21H29BrN8. The van der Waals surface area contributed by atoms with Gasteiger partial charge in [0, 0.05) is 42.7 Å². The number of hydrazine groups is 2. The third-order valence-electron chi connectivity index (χ3n) is 4.53. The van der Waals surface area contributed by atoms with Crippen LogP contribution < -0.4 is 16.1 Å². The van der Waals surface area contributed by atoms with Gasteiger partial charge < -0.3 is 15.6 Å². The van der Waals surface area contributed by atoms with E-state index >= 15 is 0 Å². The van der Waals surface area contributed by atoms with E-state index in [-0.39, 0.29) is 0 Å². The van der Waals surface area contributed by atoms with Crippen molar-refractivity contribution < 1.29 is 0 Å². The molecular weight excluding hydrogens is 444 g/mol. The van der Waals surface area contributed by atoms with Crippen molar-refractivity contribution in [1.82, 2.24) is 36.2 Å². The van der Waals surface area contributed by atoms with Crippen LogP contribution >= 0.6 is 15.9 Å². The SMILES string of the molecule is N=C(NCCCNN1C=CC=CN1Cc1ccc(Br)cc1)NCCCc1c[nH]cn1. The maximum Gasteiger partial charge on any atom is 0.188 e. The number of hydrogen-bond donors (Lipinski definition) is 5. The fraction of sp³-hybridized carbons (Fsp3) is 0.333. The quantitative estimate of drug-likeness (QED) is 0.196. The van der Waals surface area contributed by atoms with Crippen LogP contribution in [0.15, 0.2) is 65.8 Å². The van der Waals surface area contributed by atoms with Crippen molar-refractivity contribution >= 4 is 21.9 Å². The standard InChI is InChI=1S/C21H29BrN8/c22-19-8-6-18(7-9-19)16-29-13-1-2-14-30(29)28-12-4-11-26-21(23)25-10-3-5-20-15-24-17-27-20/h1-2,6-9,13-15,17,28H,3-5,10-12,16H2,(H,24,27)(H3,23,25,26).